The third-order valence-electron chi connectivity index (χ3n) is 3.04. The number of piperazine rings is 1. The molecule has 2 rings (SSSR count). The molecule has 0 amide bonds. The van der Waals surface area contributed by atoms with Crippen LogP contribution in [0.5, 0.6) is 0 Å². The van der Waals surface area contributed by atoms with Crippen molar-refractivity contribution in [3.8, 4) is 0 Å². The monoisotopic (exact) mass is 268 g/mol. The zero-order chi connectivity index (χ0) is 12.3. The minimum absolute atomic E-state index is 0.0228. The van der Waals surface area contributed by atoms with Gasteiger partial charge in [-0.3, -0.25) is 9.69 Å². The van der Waals surface area contributed by atoms with E-state index >= 15 is 0 Å². The van der Waals surface area contributed by atoms with E-state index in [9.17, 15) is 4.79 Å². The maximum Gasteiger partial charge on any atom is 0.150 e. The number of benzene rings is 1. The fraction of sp³-hybridized carbons (Fsp3) is 0.417. The number of rotatable bonds is 3. The normalized spacial score (nSPS) is 17.5. The van der Waals surface area contributed by atoms with Gasteiger partial charge in [-0.2, -0.15) is 0 Å². The van der Waals surface area contributed by atoms with Gasteiger partial charge in [0.15, 0.2) is 0 Å². The van der Waals surface area contributed by atoms with Crippen molar-refractivity contribution < 1.29 is 4.79 Å². The number of hydrogen-bond donors (Lipinski definition) is 2. The minimum Gasteiger partial charge on any atom is -0.369 e. The average Bonchev–Trinajstić information content (AvgIpc) is 2.39. The minimum atomic E-state index is 0.0228. The molecule has 1 aromatic carbocycles. The highest BCUT2D eigenvalue weighted by molar-refractivity contribution is 7.99. The van der Waals surface area contributed by atoms with Gasteiger partial charge in [0.1, 0.15) is 6.29 Å². The van der Waals surface area contributed by atoms with Crippen molar-refractivity contribution in [1.82, 2.24) is 4.90 Å². The Morgan fingerprint density at radius 3 is 2.12 bits per heavy atom. The van der Waals surface area contributed by atoms with E-state index in [1.165, 1.54) is 5.69 Å². The van der Waals surface area contributed by atoms with Crippen LogP contribution < -0.4 is 4.90 Å². The van der Waals surface area contributed by atoms with E-state index in [1.54, 1.807) is 0 Å². The summed E-state index contributed by atoms with van der Waals surface area (Å²) in [5.41, 5.74) is 1.89. The van der Waals surface area contributed by atoms with Crippen LogP contribution >= 0.6 is 25.3 Å². The number of carbonyl (C=O) groups excluding carboxylic acids is 1. The topological polar surface area (TPSA) is 23.6 Å². The second-order valence-electron chi connectivity index (χ2n) is 4.08. The number of hydrogen-bond acceptors (Lipinski definition) is 5. The van der Waals surface area contributed by atoms with Crippen LogP contribution in [0.15, 0.2) is 24.3 Å². The summed E-state index contributed by atoms with van der Waals surface area (Å²) < 4.78 is 0.0228. The van der Waals surface area contributed by atoms with E-state index in [4.69, 9.17) is 0 Å². The smallest absolute Gasteiger partial charge is 0.150 e. The molecule has 0 radical (unpaired) electrons. The SMILES string of the molecule is O=Cc1ccc(N2CCN(C(S)S)CC2)cc1. The van der Waals surface area contributed by atoms with Crippen LogP contribution in [-0.2, 0) is 0 Å². The summed E-state index contributed by atoms with van der Waals surface area (Å²) in [5, 5.41) is 0. The molecule has 1 heterocycles. The molecule has 1 saturated heterocycles. The lowest BCUT2D eigenvalue weighted by Crippen LogP contribution is -2.47. The van der Waals surface area contributed by atoms with Gasteiger partial charge in [0.25, 0.3) is 0 Å². The fourth-order valence-corrected chi connectivity index (χ4v) is 2.44. The third kappa shape index (κ3) is 3.18. The van der Waals surface area contributed by atoms with Crippen LogP contribution in [0.2, 0.25) is 0 Å². The van der Waals surface area contributed by atoms with Gasteiger partial charge in [0, 0.05) is 37.4 Å². The number of anilines is 1. The van der Waals surface area contributed by atoms with E-state index in [1.807, 2.05) is 24.3 Å². The average molecular weight is 268 g/mol. The highest BCUT2D eigenvalue weighted by Gasteiger charge is 2.19. The molecule has 0 spiro atoms. The maximum absolute atomic E-state index is 10.6. The Bertz CT molecular complexity index is 373. The second kappa shape index (κ2) is 5.80. The van der Waals surface area contributed by atoms with Crippen molar-refractivity contribution in [3.63, 3.8) is 0 Å². The molecule has 0 aliphatic carbocycles. The van der Waals surface area contributed by atoms with Crippen LogP contribution in [0.4, 0.5) is 5.69 Å². The molecule has 1 fully saturated rings. The van der Waals surface area contributed by atoms with Gasteiger partial charge in [-0.05, 0) is 24.3 Å². The molecule has 1 aliphatic rings. The van der Waals surface area contributed by atoms with Crippen LogP contribution in [0.3, 0.4) is 0 Å². The summed E-state index contributed by atoms with van der Waals surface area (Å²) in [5.74, 6) is 0. The summed E-state index contributed by atoms with van der Waals surface area (Å²) in [6, 6.07) is 7.71. The maximum atomic E-state index is 10.6. The van der Waals surface area contributed by atoms with Crippen molar-refractivity contribution in [2.75, 3.05) is 31.1 Å². The largest absolute Gasteiger partial charge is 0.369 e. The second-order valence-corrected chi connectivity index (χ2v) is 5.46. The number of nitrogens with zero attached hydrogens (tertiary/aromatic N) is 2. The Morgan fingerprint density at radius 2 is 1.65 bits per heavy atom. The predicted molar refractivity (Wildman–Crippen MR) is 77.4 cm³/mol. The number of thiol groups is 2. The Kier molecular flexibility index (Phi) is 4.36. The first kappa shape index (κ1) is 12.8. The molecule has 0 saturated carbocycles. The predicted octanol–water partition coefficient (Wildman–Crippen LogP) is 1.76. The van der Waals surface area contributed by atoms with Crippen molar-refractivity contribution in [2.24, 2.45) is 0 Å². The van der Waals surface area contributed by atoms with Gasteiger partial charge in [-0.15, -0.1) is 25.3 Å². The number of carbonyl (C=O) groups is 1. The Labute approximate surface area is 113 Å². The zero-order valence-corrected chi connectivity index (χ0v) is 11.3. The lowest BCUT2D eigenvalue weighted by Gasteiger charge is -2.37. The van der Waals surface area contributed by atoms with Crippen LogP contribution in [-0.4, -0.2) is 42.1 Å². The van der Waals surface area contributed by atoms with E-state index < -0.39 is 0 Å². The first-order chi connectivity index (χ1) is 8.20. The molecule has 92 valence electrons. The molecule has 0 aromatic heterocycles. The van der Waals surface area contributed by atoms with Crippen molar-refractivity contribution in [1.29, 1.82) is 0 Å². The van der Waals surface area contributed by atoms with Crippen LogP contribution in [0.25, 0.3) is 0 Å². The van der Waals surface area contributed by atoms with Crippen molar-refractivity contribution in [2.45, 2.75) is 4.71 Å². The zero-order valence-electron chi connectivity index (χ0n) is 9.49. The summed E-state index contributed by atoms with van der Waals surface area (Å²) in [7, 11) is 0. The first-order valence-electron chi connectivity index (χ1n) is 5.61. The molecular formula is C12H16N2OS2. The molecule has 3 nitrogen and oxygen atoms in total. The van der Waals surface area contributed by atoms with E-state index in [0.717, 1.165) is 38.0 Å². The third-order valence-corrected chi connectivity index (χ3v) is 3.69. The first-order valence-corrected chi connectivity index (χ1v) is 6.64. The van der Waals surface area contributed by atoms with E-state index in [-0.39, 0.29) is 4.71 Å². The Balaban J connectivity index is 1.97. The summed E-state index contributed by atoms with van der Waals surface area (Å²) in [6.45, 7) is 3.87. The molecule has 0 atom stereocenters. The molecule has 5 heteroatoms. The van der Waals surface area contributed by atoms with Crippen LogP contribution in [0, 0.1) is 0 Å². The van der Waals surface area contributed by atoms with Gasteiger partial charge >= 0.3 is 0 Å². The van der Waals surface area contributed by atoms with Crippen molar-refractivity contribution in [3.05, 3.63) is 29.8 Å². The van der Waals surface area contributed by atoms with Gasteiger partial charge < -0.3 is 4.90 Å². The van der Waals surface area contributed by atoms with Gasteiger partial charge in [0.05, 0.1) is 4.71 Å². The lowest BCUT2D eigenvalue weighted by molar-refractivity contribution is 0.112. The summed E-state index contributed by atoms with van der Waals surface area (Å²) in [6.07, 6.45) is 0.869. The highest BCUT2D eigenvalue weighted by Crippen LogP contribution is 2.19. The molecule has 0 unspecified atom stereocenters. The van der Waals surface area contributed by atoms with E-state index in [0.29, 0.717) is 0 Å². The molecule has 0 bridgehead atoms. The number of aldehydes is 1. The molecule has 0 N–H and O–H groups in total. The van der Waals surface area contributed by atoms with Crippen LogP contribution in [0.1, 0.15) is 10.4 Å². The molecule has 17 heavy (non-hydrogen) atoms. The van der Waals surface area contributed by atoms with Gasteiger partial charge in [-0.1, -0.05) is 0 Å². The highest BCUT2D eigenvalue weighted by atomic mass is 32.2. The fourth-order valence-electron chi connectivity index (χ4n) is 1.97. The Morgan fingerprint density at radius 1 is 1.06 bits per heavy atom. The van der Waals surface area contributed by atoms with Gasteiger partial charge in [0.2, 0.25) is 0 Å². The quantitative estimate of drug-likeness (QED) is 0.496. The standard InChI is InChI=1S/C12H16N2OS2/c15-9-10-1-3-11(4-2-10)13-5-7-14(8-6-13)12(16)17/h1-4,9,12,16-17H,5-8H2. The molecular weight excluding hydrogens is 252 g/mol. The molecule has 1 aromatic rings. The van der Waals surface area contributed by atoms with Crippen molar-refractivity contribution >= 4 is 37.2 Å². The lowest BCUT2D eigenvalue weighted by atomic mass is 10.2. The van der Waals surface area contributed by atoms with E-state index in [2.05, 4.69) is 35.1 Å². The Hall–Kier alpha value is -0.650. The molecule has 1 aliphatic heterocycles. The van der Waals surface area contributed by atoms with Gasteiger partial charge in [-0.25, -0.2) is 0 Å². The summed E-state index contributed by atoms with van der Waals surface area (Å²) >= 11 is 8.63. The summed E-state index contributed by atoms with van der Waals surface area (Å²) in [4.78, 5) is 15.1.